The fraction of sp³-hybridized carbons (Fsp3) is 0.333. The highest BCUT2D eigenvalue weighted by molar-refractivity contribution is 5.85. The van der Waals surface area contributed by atoms with Gasteiger partial charge in [-0.05, 0) is 23.8 Å². The number of quaternary nitrogens is 1. The Labute approximate surface area is 136 Å². The Morgan fingerprint density at radius 1 is 1.00 bits per heavy atom. The molecule has 2 aromatic carbocycles. The summed E-state index contributed by atoms with van der Waals surface area (Å²) in [5.41, 5.74) is 1.19. The number of fused-ring (bicyclic) bond motifs is 1. The molecule has 0 aliphatic heterocycles. The lowest BCUT2D eigenvalue weighted by Gasteiger charge is -2.14. The van der Waals surface area contributed by atoms with Crippen LogP contribution in [0.1, 0.15) is 12.5 Å². The number of rotatable bonds is 7. The van der Waals surface area contributed by atoms with Gasteiger partial charge in [0.1, 0.15) is 6.54 Å². The van der Waals surface area contributed by atoms with E-state index in [1.807, 2.05) is 26.1 Å². The summed E-state index contributed by atoms with van der Waals surface area (Å²) in [5.74, 6) is -0.275. The summed E-state index contributed by atoms with van der Waals surface area (Å²) in [7, 11) is 1.97. The monoisotopic (exact) mass is 314 g/mol. The maximum atomic E-state index is 11.9. The fourth-order valence-electron chi connectivity index (χ4n) is 2.53. The Balaban J connectivity index is 1.84. The van der Waals surface area contributed by atoms with Gasteiger partial charge in [0.25, 0.3) is 5.91 Å². The molecule has 2 rings (SSSR count). The van der Waals surface area contributed by atoms with Crippen molar-refractivity contribution in [2.45, 2.75) is 13.5 Å². The standard InChI is InChI=1S/C18H23N3O2/c1-3-19-17(22)11-20-18(23)13-21(2)12-14-8-9-15-6-4-5-7-16(15)10-14/h4-10H,3,11-13H2,1-2H3,(H,19,22)(H,20,23)/p+1. The van der Waals surface area contributed by atoms with E-state index in [1.165, 1.54) is 16.3 Å². The lowest BCUT2D eigenvalue weighted by Crippen LogP contribution is -3.08. The van der Waals surface area contributed by atoms with Crippen LogP contribution in [0.3, 0.4) is 0 Å². The lowest BCUT2D eigenvalue weighted by molar-refractivity contribution is -0.885. The molecule has 1 unspecified atom stereocenters. The maximum absolute atomic E-state index is 11.9. The number of nitrogens with one attached hydrogen (secondary N) is 3. The second kappa shape index (κ2) is 8.29. The predicted octanol–water partition coefficient (Wildman–Crippen LogP) is 0.107. The zero-order chi connectivity index (χ0) is 16.7. The molecule has 0 spiro atoms. The van der Waals surface area contributed by atoms with E-state index in [0.717, 1.165) is 11.4 Å². The Bertz CT molecular complexity index is 685. The second-order valence-corrected chi connectivity index (χ2v) is 5.72. The Morgan fingerprint density at radius 2 is 1.74 bits per heavy atom. The van der Waals surface area contributed by atoms with Gasteiger partial charge in [0.2, 0.25) is 5.91 Å². The first-order valence-electron chi connectivity index (χ1n) is 7.91. The molecule has 5 heteroatoms. The minimum absolute atomic E-state index is 0.0376. The van der Waals surface area contributed by atoms with Crippen molar-refractivity contribution in [3.63, 3.8) is 0 Å². The van der Waals surface area contributed by atoms with E-state index < -0.39 is 0 Å². The van der Waals surface area contributed by atoms with Gasteiger partial charge in [0, 0.05) is 12.1 Å². The van der Waals surface area contributed by atoms with Gasteiger partial charge in [-0.15, -0.1) is 0 Å². The summed E-state index contributed by atoms with van der Waals surface area (Å²) in [4.78, 5) is 24.2. The summed E-state index contributed by atoms with van der Waals surface area (Å²) in [6.45, 7) is 3.56. The molecule has 1 atom stereocenters. The van der Waals surface area contributed by atoms with Crippen molar-refractivity contribution in [2.75, 3.05) is 26.7 Å². The fourth-order valence-corrected chi connectivity index (χ4v) is 2.53. The lowest BCUT2D eigenvalue weighted by atomic mass is 10.1. The molecule has 2 aromatic rings. The number of hydrogen-bond acceptors (Lipinski definition) is 2. The van der Waals surface area contributed by atoms with Crippen LogP contribution in [0.5, 0.6) is 0 Å². The minimum atomic E-state index is -0.159. The zero-order valence-electron chi connectivity index (χ0n) is 13.7. The largest absolute Gasteiger partial charge is 0.355 e. The van der Waals surface area contributed by atoms with Gasteiger partial charge in [-0.1, -0.05) is 36.4 Å². The van der Waals surface area contributed by atoms with Crippen LogP contribution in [0.15, 0.2) is 42.5 Å². The van der Waals surface area contributed by atoms with Crippen molar-refractivity contribution in [1.29, 1.82) is 0 Å². The highest BCUT2D eigenvalue weighted by atomic mass is 16.2. The molecular formula is C18H24N3O2+. The molecule has 0 fully saturated rings. The molecular weight excluding hydrogens is 290 g/mol. The first kappa shape index (κ1) is 17.0. The van der Waals surface area contributed by atoms with Gasteiger partial charge >= 0.3 is 0 Å². The molecule has 0 bridgehead atoms. The summed E-state index contributed by atoms with van der Waals surface area (Å²) in [6, 6.07) is 14.6. The molecule has 0 saturated carbocycles. The van der Waals surface area contributed by atoms with E-state index in [0.29, 0.717) is 13.1 Å². The molecule has 0 aliphatic rings. The SMILES string of the molecule is CCNC(=O)CNC(=O)C[NH+](C)Cc1ccc2ccccc2c1. The molecule has 0 aliphatic carbocycles. The molecule has 0 aromatic heterocycles. The van der Waals surface area contributed by atoms with Crippen LogP contribution >= 0.6 is 0 Å². The number of carbonyl (C=O) groups is 2. The maximum Gasteiger partial charge on any atom is 0.275 e. The topological polar surface area (TPSA) is 62.6 Å². The summed E-state index contributed by atoms with van der Waals surface area (Å²) < 4.78 is 0. The van der Waals surface area contributed by atoms with E-state index in [4.69, 9.17) is 0 Å². The van der Waals surface area contributed by atoms with Gasteiger partial charge in [-0.25, -0.2) is 0 Å². The zero-order valence-corrected chi connectivity index (χ0v) is 13.7. The van der Waals surface area contributed by atoms with Crippen molar-refractivity contribution in [1.82, 2.24) is 10.6 Å². The van der Waals surface area contributed by atoms with Gasteiger partial charge in [0.15, 0.2) is 6.54 Å². The molecule has 5 nitrogen and oxygen atoms in total. The third-order valence-electron chi connectivity index (χ3n) is 3.60. The number of hydrogen-bond donors (Lipinski definition) is 3. The number of amides is 2. The van der Waals surface area contributed by atoms with Crippen molar-refractivity contribution < 1.29 is 14.5 Å². The quantitative estimate of drug-likeness (QED) is 0.679. The third-order valence-corrected chi connectivity index (χ3v) is 3.60. The average Bonchev–Trinajstić information content (AvgIpc) is 2.53. The van der Waals surface area contributed by atoms with E-state index in [2.05, 4.69) is 41.0 Å². The predicted molar refractivity (Wildman–Crippen MR) is 91.1 cm³/mol. The normalized spacial score (nSPS) is 11.9. The summed E-state index contributed by atoms with van der Waals surface area (Å²) in [6.07, 6.45) is 0. The molecule has 3 N–H and O–H groups in total. The first-order valence-corrected chi connectivity index (χ1v) is 7.91. The summed E-state index contributed by atoms with van der Waals surface area (Å²) >= 11 is 0. The Kier molecular flexibility index (Phi) is 6.11. The van der Waals surface area contributed by atoms with Gasteiger partial charge in [-0.2, -0.15) is 0 Å². The minimum Gasteiger partial charge on any atom is -0.355 e. The highest BCUT2D eigenvalue weighted by Gasteiger charge is 2.11. The van der Waals surface area contributed by atoms with Crippen LogP contribution in [0.4, 0.5) is 0 Å². The van der Waals surface area contributed by atoms with E-state index >= 15 is 0 Å². The van der Waals surface area contributed by atoms with Crippen LogP contribution < -0.4 is 15.5 Å². The average molecular weight is 314 g/mol. The van der Waals surface area contributed by atoms with E-state index in [9.17, 15) is 9.59 Å². The second-order valence-electron chi connectivity index (χ2n) is 5.72. The van der Waals surface area contributed by atoms with E-state index in [-0.39, 0.29) is 18.4 Å². The third kappa shape index (κ3) is 5.38. The van der Waals surface area contributed by atoms with Crippen LogP contribution in [0, 0.1) is 0 Å². The first-order chi connectivity index (χ1) is 11.1. The van der Waals surface area contributed by atoms with Gasteiger partial charge < -0.3 is 15.5 Å². The molecule has 122 valence electrons. The van der Waals surface area contributed by atoms with Crippen molar-refractivity contribution in [3.05, 3.63) is 48.0 Å². The molecule has 2 amide bonds. The van der Waals surface area contributed by atoms with Crippen molar-refractivity contribution in [3.8, 4) is 0 Å². The van der Waals surface area contributed by atoms with Gasteiger partial charge in [0.05, 0.1) is 13.6 Å². The highest BCUT2D eigenvalue weighted by Crippen LogP contribution is 2.14. The molecule has 0 radical (unpaired) electrons. The smallest absolute Gasteiger partial charge is 0.275 e. The Hall–Kier alpha value is -2.40. The van der Waals surface area contributed by atoms with Gasteiger partial charge in [-0.3, -0.25) is 9.59 Å². The number of benzene rings is 2. The van der Waals surface area contributed by atoms with Crippen LogP contribution in [-0.4, -0.2) is 38.5 Å². The number of likely N-dealkylation sites (N-methyl/N-ethyl adjacent to an activating group) is 2. The molecule has 0 heterocycles. The molecule has 23 heavy (non-hydrogen) atoms. The molecule has 0 saturated heterocycles. The number of carbonyl (C=O) groups excluding carboxylic acids is 2. The van der Waals surface area contributed by atoms with Crippen molar-refractivity contribution in [2.24, 2.45) is 0 Å². The summed E-state index contributed by atoms with van der Waals surface area (Å²) in [5, 5.41) is 7.72. The van der Waals surface area contributed by atoms with Crippen LogP contribution in [-0.2, 0) is 16.1 Å². The van der Waals surface area contributed by atoms with E-state index in [1.54, 1.807) is 0 Å². The van der Waals surface area contributed by atoms with Crippen molar-refractivity contribution >= 4 is 22.6 Å². The Morgan fingerprint density at radius 3 is 2.48 bits per heavy atom. The van der Waals surface area contributed by atoms with Crippen LogP contribution in [0.25, 0.3) is 10.8 Å². The van der Waals surface area contributed by atoms with Crippen LogP contribution in [0.2, 0.25) is 0 Å².